The summed E-state index contributed by atoms with van der Waals surface area (Å²) in [5.41, 5.74) is 3.19. The number of nitrogens with one attached hydrogen (secondary N) is 1. The molecule has 0 unspecified atom stereocenters. The molecule has 1 saturated heterocycles. The SMILES string of the molecule is Cn1nc(C(=O)NCc2ccc([N+](=O)[O-])cc2)c2cc(CN3CCOCC3)ccc21. The molecule has 0 saturated carbocycles. The Balaban J connectivity index is 1.49. The lowest BCUT2D eigenvalue weighted by atomic mass is 10.1. The van der Waals surface area contributed by atoms with Crippen molar-refractivity contribution in [2.75, 3.05) is 26.3 Å². The number of carbonyl (C=O) groups excluding carboxylic acids is 1. The first-order valence-electron chi connectivity index (χ1n) is 9.78. The van der Waals surface area contributed by atoms with Crippen molar-refractivity contribution in [3.8, 4) is 0 Å². The highest BCUT2D eigenvalue weighted by molar-refractivity contribution is 6.05. The lowest BCUT2D eigenvalue weighted by Gasteiger charge is -2.26. The molecule has 1 aliphatic heterocycles. The minimum Gasteiger partial charge on any atom is -0.379 e. The molecule has 0 radical (unpaired) electrons. The molecule has 1 aliphatic rings. The van der Waals surface area contributed by atoms with Gasteiger partial charge in [0.05, 0.1) is 23.7 Å². The molecule has 0 atom stereocenters. The van der Waals surface area contributed by atoms with Crippen molar-refractivity contribution in [3.05, 3.63) is 69.4 Å². The molecule has 1 aromatic heterocycles. The summed E-state index contributed by atoms with van der Waals surface area (Å²) >= 11 is 0. The first-order valence-corrected chi connectivity index (χ1v) is 9.78. The maximum absolute atomic E-state index is 12.8. The summed E-state index contributed by atoms with van der Waals surface area (Å²) in [6, 6.07) is 12.2. The van der Waals surface area contributed by atoms with Gasteiger partial charge in [-0.05, 0) is 23.3 Å². The Labute approximate surface area is 173 Å². The molecular formula is C21H23N5O4. The molecule has 0 aliphatic carbocycles. The van der Waals surface area contributed by atoms with Gasteiger partial charge in [0.15, 0.2) is 5.69 Å². The fourth-order valence-corrected chi connectivity index (χ4v) is 3.60. The second-order valence-corrected chi connectivity index (χ2v) is 7.32. The molecule has 1 amide bonds. The van der Waals surface area contributed by atoms with Gasteiger partial charge in [-0.1, -0.05) is 18.2 Å². The van der Waals surface area contributed by atoms with Crippen molar-refractivity contribution in [2.24, 2.45) is 7.05 Å². The number of nitrogens with zero attached hydrogens (tertiary/aromatic N) is 4. The van der Waals surface area contributed by atoms with Crippen molar-refractivity contribution >= 4 is 22.5 Å². The van der Waals surface area contributed by atoms with E-state index in [1.807, 2.05) is 19.2 Å². The number of fused-ring (bicyclic) bond motifs is 1. The van der Waals surface area contributed by atoms with Gasteiger partial charge in [0, 0.05) is 50.7 Å². The van der Waals surface area contributed by atoms with Crippen LogP contribution in [0.4, 0.5) is 5.69 Å². The van der Waals surface area contributed by atoms with Crippen LogP contribution in [0.15, 0.2) is 42.5 Å². The number of aryl methyl sites for hydroxylation is 1. The van der Waals surface area contributed by atoms with Gasteiger partial charge in [-0.2, -0.15) is 5.10 Å². The number of amides is 1. The van der Waals surface area contributed by atoms with E-state index in [2.05, 4.69) is 21.4 Å². The molecule has 0 spiro atoms. The third-order valence-corrected chi connectivity index (χ3v) is 5.24. The number of carbonyl (C=O) groups is 1. The Kier molecular flexibility index (Phi) is 5.73. The Hall–Kier alpha value is -3.30. The smallest absolute Gasteiger partial charge is 0.272 e. The van der Waals surface area contributed by atoms with Gasteiger partial charge in [-0.15, -0.1) is 0 Å². The van der Waals surface area contributed by atoms with Crippen LogP contribution >= 0.6 is 0 Å². The number of morpholine rings is 1. The molecule has 30 heavy (non-hydrogen) atoms. The van der Waals surface area contributed by atoms with Gasteiger partial charge in [0.1, 0.15) is 0 Å². The quantitative estimate of drug-likeness (QED) is 0.495. The maximum Gasteiger partial charge on any atom is 0.272 e. The number of hydrogen-bond donors (Lipinski definition) is 1. The normalized spacial score (nSPS) is 14.7. The van der Waals surface area contributed by atoms with Gasteiger partial charge in [-0.3, -0.25) is 24.5 Å². The van der Waals surface area contributed by atoms with E-state index in [1.54, 1.807) is 16.8 Å². The fraction of sp³-hybridized carbons (Fsp3) is 0.333. The fourth-order valence-electron chi connectivity index (χ4n) is 3.60. The van der Waals surface area contributed by atoms with Gasteiger partial charge in [-0.25, -0.2) is 0 Å². The highest BCUT2D eigenvalue weighted by atomic mass is 16.6. The zero-order chi connectivity index (χ0) is 21.1. The van der Waals surface area contributed by atoms with Crippen LogP contribution in [0, 0.1) is 10.1 Å². The summed E-state index contributed by atoms with van der Waals surface area (Å²) in [6.45, 7) is 4.35. The molecule has 1 N–H and O–H groups in total. The standard InChI is InChI=1S/C21H23N5O4/c1-24-19-7-4-16(14-25-8-10-30-11-9-25)12-18(19)20(23-24)21(27)22-13-15-2-5-17(6-3-15)26(28)29/h2-7,12H,8-11,13-14H2,1H3,(H,22,27). The average Bonchev–Trinajstić information content (AvgIpc) is 3.09. The molecule has 9 nitrogen and oxygen atoms in total. The van der Waals surface area contributed by atoms with E-state index in [-0.39, 0.29) is 18.1 Å². The summed E-state index contributed by atoms with van der Waals surface area (Å²) < 4.78 is 7.10. The Morgan fingerprint density at radius 3 is 2.57 bits per heavy atom. The molecule has 9 heteroatoms. The van der Waals surface area contributed by atoms with Crippen LogP contribution in [0.1, 0.15) is 21.6 Å². The molecule has 2 aromatic carbocycles. The molecule has 2 heterocycles. The number of ether oxygens (including phenoxy) is 1. The van der Waals surface area contributed by atoms with Gasteiger partial charge < -0.3 is 10.1 Å². The summed E-state index contributed by atoms with van der Waals surface area (Å²) in [4.78, 5) is 25.4. The predicted octanol–water partition coefficient (Wildman–Crippen LogP) is 2.24. The molecular weight excluding hydrogens is 386 g/mol. The first kappa shape index (κ1) is 20.0. The lowest BCUT2D eigenvalue weighted by Crippen LogP contribution is -2.35. The zero-order valence-corrected chi connectivity index (χ0v) is 16.7. The summed E-state index contributed by atoms with van der Waals surface area (Å²) in [5.74, 6) is -0.275. The highest BCUT2D eigenvalue weighted by Gasteiger charge is 2.18. The van der Waals surface area contributed by atoms with E-state index in [1.165, 1.54) is 12.1 Å². The number of rotatable bonds is 6. The topological polar surface area (TPSA) is 103 Å². The molecule has 3 aromatic rings. The van der Waals surface area contributed by atoms with Crippen LogP contribution in [0.2, 0.25) is 0 Å². The van der Waals surface area contributed by atoms with Crippen molar-refractivity contribution in [1.82, 2.24) is 20.0 Å². The van der Waals surface area contributed by atoms with Crippen LogP contribution in [-0.4, -0.2) is 51.8 Å². The van der Waals surface area contributed by atoms with Crippen molar-refractivity contribution in [3.63, 3.8) is 0 Å². The highest BCUT2D eigenvalue weighted by Crippen LogP contribution is 2.21. The van der Waals surface area contributed by atoms with E-state index >= 15 is 0 Å². The number of nitro groups is 1. The van der Waals surface area contributed by atoms with Gasteiger partial charge >= 0.3 is 0 Å². The molecule has 156 valence electrons. The van der Waals surface area contributed by atoms with E-state index < -0.39 is 4.92 Å². The Morgan fingerprint density at radius 1 is 1.17 bits per heavy atom. The summed E-state index contributed by atoms with van der Waals surface area (Å²) in [5, 5.41) is 18.8. The molecule has 1 fully saturated rings. The van der Waals surface area contributed by atoms with Crippen LogP contribution in [0.3, 0.4) is 0 Å². The number of aromatic nitrogens is 2. The van der Waals surface area contributed by atoms with Crippen molar-refractivity contribution < 1.29 is 14.5 Å². The predicted molar refractivity (Wildman–Crippen MR) is 111 cm³/mol. The number of hydrogen-bond acceptors (Lipinski definition) is 6. The average molecular weight is 409 g/mol. The lowest BCUT2D eigenvalue weighted by molar-refractivity contribution is -0.384. The first-order chi connectivity index (χ1) is 14.5. The minimum absolute atomic E-state index is 0.0218. The van der Waals surface area contributed by atoms with E-state index in [4.69, 9.17) is 4.74 Å². The number of non-ortho nitro benzene ring substituents is 1. The monoisotopic (exact) mass is 409 g/mol. The third-order valence-electron chi connectivity index (χ3n) is 5.24. The second kappa shape index (κ2) is 8.60. The van der Waals surface area contributed by atoms with Crippen LogP contribution in [-0.2, 0) is 24.9 Å². The Bertz CT molecular complexity index is 1070. The van der Waals surface area contributed by atoms with Gasteiger partial charge in [0.2, 0.25) is 0 Å². The summed E-state index contributed by atoms with van der Waals surface area (Å²) in [7, 11) is 1.82. The third kappa shape index (κ3) is 4.32. The maximum atomic E-state index is 12.8. The van der Waals surface area contributed by atoms with Crippen LogP contribution in [0.25, 0.3) is 10.9 Å². The van der Waals surface area contributed by atoms with Crippen molar-refractivity contribution in [1.29, 1.82) is 0 Å². The number of nitro benzene ring substituents is 1. The number of benzene rings is 2. The minimum atomic E-state index is -0.448. The molecule has 4 rings (SSSR count). The Morgan fingerprint density at radius 2 is 1.87 bits per heavy atom. The van der Waals surface area contributed by atoms with Crippen molar-refractivity contribution in [2.45, 2.75) is 13.1 Å². The van der Waals surface area contributed by atoms with Gasteiger partial charge in [0.25, 0.3) is 11.6 Å². The zero-order valence-electron chi connectivity index (χ0n) is 16.7. The second-order valence-electron chi connectivity index (χ2n) is 7.32. The van der Waals surface area contributed by atoms with E-state index in [0.717, 1.165) is 54.9 Å². The van der Waals surface area contributed by atoms with E-state index in [0.29, 0.717) is 5.69 Å². The van der Waals surface area contributed by atoms with E-state index in [9.17, 15) is 14.9 Å². The summed E-state index contributed by atoms with van der Waals surface area (Å²) in [6.07, 6.45) is 0. The van der Waals surface area contributed by atoms with Crippen LogP contribution in [0.5, 0.6) is 0 Å². The van der Waals surface area contributed by atoms with Crippen LogP contribution < -0.4 is 5.32 Å². The largest absolute Gasteiger partial charge is 0.379 e. The molecule has 0 bridgehead atoms.